The number of carboxylic acid groups (broad SMARTS) is 1. The minimum Gasteiger partial charge on any atom is -0.481 e. The van der Waals surface area contributed by atoms with Crippen LogP contribution in [0.15, 0.2) is 24.3 Å². The quantitative estimate of drug-likeness (QED) is 0.637. The first-order valence-electron chi connectivity index (χ1n) is 8.56. The molecule has 2 atom stereocenters. The van der Waals surface area contributed by atoms with Crippen molar-refractivity contribution in [1.29, 1.82) is 0 Å². The summed E-state index contributed by atoms with van der Waals surface area (Å²) in [7, 11) is -3.31. The Balaban J connectivity index is 2.66. The van der Waals surface area contributed by atoms with Crippen molar-refractivity contribution >= 4 is 21.7 Å². The van der Waals surface area contributed by atoms with Crippen LogP contribution in [0.4, 0.5) is 0 Å². The van der Waals surface area contributed by atoms with Gasteiger partial charge in [-0.15, -0.1) is 0 Å². The molecule has 0 aliphatic heterocycles. The summed E-state index contributed by atoms with van der Waals surface area (Å²) in [6.45, 7) is 7.13. The Morgan fingerprint density at radius 1 is 1.15 bits per heavy atom. The van der Waals surface area contributed by atoms with E-state index in [2.05, 4.69) is 19.2 Å². The normalized spacial score (nSPS) is 13.9. The zero-order valence-corrected chi connectivity index (χ0v) is 16.4. The van der Waals surface area contributed by atoms with E-state index >= 15 is 0 Å². The third-order valence-electron chi connectivity index (χ3n) is 4.00. The van der Waals surface area contributed by atoms with Gasteiger partial charge in [0.2, 0.25) is 0 Å². The molecule has 1 aromatic rings. The molecule has 1 amide bonds. The Morgan fingerprint density at radius 2 is 1.73 bits per heavy atom. The third-order valence-corrected chi connectivity index (χ3v) is 5.74. The lowest BCUT2D eigenvalue weighted by molar-refractivity contribution is -0.142. The number of carbonyl (C=O) groups excluding carboxylic acids is 1. The number of ether oxygens (including phenoxy) is 1. The van der Waals surface area contributed by atoms with Crippen LogP contribution in [0.25, 0.3) is 0 Å². The molecule has 8 heteroatoms. The number of hydrogen-bond acceptors (Lipinski definition) is 5. The van der Waals surface area contributed by atoms with Gasteiger partial charge in [0.05, 0.1) is 5.75 Å². The molecule has 0 fully saturated rings. The standard InChI is InChI=1S/C18H27NO6S/c1-5-26(23,24)11-10-16(18(21)22)19-17(20)13(4)25-15-8-6-14(7-9-15)12(2)3/h6-9,12-13,16H,5,10-11H2,1-4H3,(H,19,20)(H,21,22). The Kier molecular flexibility index (Phi) is 8.08. The maximum absolute atomic E-state index is 12.2. The smallest absolute Gasteiger partial charge is 0.326 e. The van der Waals surface area contributed by atoms with Crippen molar-refractivity contribution in [1.82, 2.24) is 5.32 Å². The fraction of sp³-hybridized carbons (Fsp3) is 0.556. The van der Waals surface area contributed by atoms with Crippen LogP contribution in [0.1, 0.15) is 45.6 Å². The Hall–Kier alpha value is -2.09. The summed E-state index contributed by atoms with van der Waals surface area (Å²) >= 11 is 0. The van der Waals surface area contributed by atoms with Gasteiger partial charge in [-0.05, 0) is 37.0 Å². The van der Waals surface area contributed by atoms with Gasteiger partial charge in [-0.2, -0.15) is 0 Å². The van der Waals surface area contributed by atoms with Gasteiger partial charge in [-0.25, -0.2) is 13.2 Å². The maximum atomic E-state index is 12.2. The first kappa shape index (κ1) is 22.0. The van der Waals surface area contributed by atoms with Crippen molar-refractivity contribution in [3.8, 4) is 5.75 Å². The molecule has 146 valence electrons. The SMILES string of the molecule is CCS(=O)(=O)CCC(NC(=O)C(C)Oc1ccc(C(C)C)cc1)C(=O)O. The van der Waals surface area contributed by atoms with E-state index in [1.165, 1.54) is 13.8 Å². The molecule has 1 aromatic carbocycles. The molecule has 0 bridgehead atoms. The van der Waals surface area contributed by atoms with Gasteiger partial charge in [0, 0.05) is 5.75 Å². The van der Waals surface area contributed by atoms with Crippen molar-refractivity contribution in [2.24, 2.45) is 0 Å². The highest BCUT2D eigenvalue weighted by atomic mass is 32.2. The van der Waals surface area contributed by atoms with Gasteiger partial charge >= 0.3 is 5.97 Å². The zero-order valence-electron chi connectivity index (χ0n) is 15.6. The first-order valence-corrected chi connectivity index (χ1v) is 10.4. The van der Waals surface area contributed by atoms with Gasteiger partial charge in [0.1, 0.15) is 21.6 Å². The van der Waals surface area contributed by atoms with E-state index in [1.807, 2.05) is 12.1 Å². The summed E-state index contributed by atoms with van der Waals surface area (Å²) in [4.78, 5) is 23.5. The molecule has 1 rings (SSSR count). The van der Waals surface area contributed by atoms with Crippen LogP contribution in [0.2, 0.25) is 0 Å². The second kappa shape index (κ2) is 9.56. The third kappa shape index (κ3) is 7.03. The second-order valence-electron chi connectivity index (χ2n) is 6.41. The number of carbonyl (C=O) groups is 2. The molecule has 0 heterocycles. The number of amides is 1. The lowest BCUT2D eigenvalue weighted by Crippen LogP contribution is -2.47. The highest BCUT2D eigenvalue weighted by Gasteiger charge is 2.25. The molecule has 7 nitrogen and oxygen atoms in total. The largest absolute Gasteiger partial charge is 0.481 e. The number of carboxylic acids is 1. The lowest BCUT2D eigenvalue weighted by atomic mass is 10.0. The van der Waals surface area contributed by atoms with E-state index in [-0.39, 0.29) is 17.9 Å². The fourth-order valence-electron chi connectivity index (χ4n) is 2.18. The summed E-state index contributed by atoms with van der Waals surface area (Å²) in [5, 5.41) is 11.5. The Morgan fingerprint density at radius 3 is 2.19 bits per heavy atom. The maximum Gasteiger partial charge on any atom is 0.326 e. The van der Waals surface area contributed by atoms with Crippen LogP contribution in [-0.4, -0.2) is 49.1 Å². The van der Waals surface area contributed by atoms with E-state index in [1.54, 1.807) is 12.1 Å². The summed E-state index contributed by atoms with van der Waals surface area (Å²) in [5.74, 6) is -1.39. The molecular formula is C18H27NO6S. The summed E-state index contributed by atoms with van der Waals surface area (Å²) < 4.78 is 28.6. The summed E-state index contributed by atoms with van der Waals surface area (Å²) in [6.07, 6.45) is -1.10. The van der Waals surface area contributed by atoms with Crippen molar-refractivity contribution in [2.75, 3.05) is 11.5 Å². The summed E-state index contributed by atoms with van der Waals surface area (Å²) in [5.41, 5.74) is 1.14. The molecule has 0 aliphatic carbocycles. The number of sulfone groups is 1. The minimum absolute atomic E-state index is 0.0703. The predicted molar refractivity (Wildman–Crippen MR) is 99.1 cm³/mol. The molecule has 0 aliphatic rings. The van der Waals surface area contributed by atoms with Crippen molar-refractivity contribution in [3.05, 3.63) is 29.8 Å². The Labute approximate surface area is 154 Å². The minimum atomic E-state index is -3.31. The monoisotopic (exact) mass is 385 g/mol. The number of nitrogens with one attached hydrogen (secondary N) is 1. The predicted octanol–water partition coefficient (Wildman–Crippen LogP) is 1.97. The number of rotatable bonds is 10. The van der Waals surface area contributed by atoms with Crippen LogP contribution in [-0.2, 0) is 19.4 Å². The van der Waals surface area contributed by atoms with Crippen LogP contribution >= 0.6 is 0 Å². The highest BCUT2D eigenvalue weighted by Crippen LogP contribution is 2.19. The van der Waals surface area contributed by atoms with Crippen molar-refractivity contribution < 1.29 is 27.9 Å². The molecule has 0 radical (unpaired) electrons. The summed E-state index contributed by atoms with van der Waals surface area (Å²) in [6, 6.07) is 6.03. The molecule has 0 saturated carbocycles. The lowest BCUT2D eigenvalue weighted by Gasteiger charge is -2.19. The molecule has 2 unspecified atom stereocenters. The van der Waals surface area contributed by atoms with Crippen LogP contribution in [0.5, 0.6) is 5.75 Å². The number of aliphatic carboxylic acids is 1. The highest BCUT2D eigenvalue weighted by molar-refractivity contribution is 7.91. The van der Waals surface area contributed by atoms with Gasteiger partial charge in [0.15, 0.2) is 6.10 Å². The Bertz CT molecular complexity index is 712. The topological polar surface area (TPSA) is 110 Å². The van der Waals surface area contributed by atoms with E-state index in [4.69, 9.17) is 4.74 Å². The number of benzene rings is 1. The van der Waals surface area contributed by atoms with Gasteiger partial charge in [0.25, 0.3) is 5.91 Å². The second-order valence-corrected chi connectivity index (χ2v) is 8.88. The average Bonchev–Trinajstić information content (AvgIpc) is 2.58. The van der Waals surface area contributed by atoms with E-state index < -0.39 is 33.9 Å². The van der Waals surface area contributed by atoms with Crippen molar-refractivity contribution in [3.63, 3.8) is 0 Å². The van der Waals surface area contributed by atoms with E-state index in [9.17, 15) is 23.1 Å². The molecule has 0 saturated heterocycles. The number of hydrogen-bond donors (Lipinski definition) is 2. The van der Waals surface area contributed by atoms with Gasteiger partial charge in [-0.1, -0.05) is 32.9 Å². The first-order chi connectivity index (χ1) is 12.1. The van der Waals surface area contributed by atoms with Gasteiger partial charge in [-0.3, -0.25) is 4.79 Å². The van der Waals surface area contributed by atoms with E-state index in [0.717, 1.165) is 5.56 Å². The molecule has 0 spiro atoms. The molecule has 0 aromatic heterocycles. The van der Waals surface area contributed by atoms with Crippen LogP contribution in [0.3, 0.4) is 0 Å². The zero-order chi connectivity index (χ0) is 19.9. The van der Waals surface area contributed by atoms with E-state index in [0.29, 0.717) is 11.7 Å². The average molecular weight is 385 g/mol. The molecule has 2 N–H and O–H groups in total. The van der Waals surface area contributed by atoms with Crippen LogP contribution < -0.4 is 10.1 Å². The fourth-order valence-corrected chi connectivity index (χ4v) is 3.06. The molecule has 26 heavy (non-hydrogen) atoms. The van der Waals surface area contributed by atoms with Gasteiger partial charge < -0.3 is 15.2 Å². The molecular weight excluding hydrogens is 358 g/mol. The van der Waals surface area contributed by atoms with Crippen molar-refractivity contribution in [2.45, 2.75) is 52.2 Å². The van der Waals surface area contributed by atoms with Crippen LogP contribution in [0, 0.1) is 0 Å².